The van der Waals surface area contributed by atoms with Crippen LogP contribution in [0.15, 0.2) is 29.5 Å². The van der Waals surface area contributed by atoms with E-state index in [4.69, 9.17) is 10.5 Å². The second-order valence-corrected chi connectivity index (χ2v) is 5.41. The van der Waals surface area contributed by atoms with Gasteiger partial charge in [-0.15, -0.1) is 0 Å². The van der Waals surface area contributed by atoms with Gasteiger partial charge in [-0.1, -0.05) is 0 Å². The number of aromatic amines is 1. The molecular formula is C17H16N4O3. The first kappa shape index (κ1) is 15.7. The van der Waals surface area contributed by atoms with Crippen molar-refractivity contribution in [3.8, 4) is 0 Å². The molecule has 1 amide bonds. The highest BCUT2D eigenvalue weighted by Gasteiger charge is 2.17. The summed E-state index contributed by atoms with van der Waals surface area (Å²) >= 11 is 0. The largest absolute Gasteiger partial charge is 0.504 e. The topological polar surface area (TPSA) is 110 Å². The Labute approximate surface area is 137 Å². The van der Waals surface area contributed by atoms with Gasteiger partial charge < -0.3 is 15.5 Å². The molecule has 3 rings (SSSR count). The van der Waals surface area contributed by atoms with Crippen LogP contribution in [0.4, 0.5) is 5.69 Å². The van der Waals surface area contributed by atoms with Gasteiger partial charge in [0.1, 0.15) is 0 Å². The molecule has 0 unspecified atom stereocenters. The molecule has 0 radical (unpaired) electrons. The number of ketones is 1. The van der Waals surface area contributed by atoms with E-state index in [1.54, 1.807) is 12.1 Å². The number of allylic oxidation sites excluding steroid dienone is 1. The molecule has 0 fully saturated rings. The molecule has 3 N–H and O–H groups in total. The molecule has 0 bridgehead atoms. The van der Waals surface area contributed by atoms with Crippen molar-refractivity contribution in [2.75, 3.05) is 12.8 Å². The molecule has 0 atom stereocenters. The maximum absolute atomic E-state index is 12.3. The summed E-state index contributed by atoms with van der Waals surface area (Å²) in [6, 6.07) is 3.30. The number of nitrogen functional groups attached to an aromatic ring is 1. The first-order valence-electron chi connectivity index (χ1n) is 7.26. The van der Waals surface area contributed by atoms with Gasteiger partial charge in [-0.3, -0.25) is 14.6 Å². The number of pyridine rings is 1. The maximum atomic E-state index is 12.3. The lowest BCUT2D eigenvalue weighted by atomic mass is 10.1. The van der Waals surface area contributed by atoms with E-state index in [1.165, 1.54) is 26.4 Å². The third kappa shape index (κ3) is 2.50. The van der Waals surface area contributed by atoms with Gasteiger partial charge in [-0.05, 0) is 19.1 Å². The molecule has 122 valence electrons. The number of carbonyl (C=O) groups is 2. The number of H-pyrrole nitrogens is 1. The van der Waals surface area contributed by atoms with E-state index >= 15 is 0 Å². The van der Waals surface area contributed by atoms with Crippen LogP contribution >= 0.6 is 0 Å². The Balaban J connectivity index is 2.43. The fraction of sp³-hybridized carbons (Fsp3) is 0.176. The number of carbonyl (C=O) groups excluding carboxylic acids is 2. The summed E-state index contributed by atoms with van der Waals surface area (Å²) in [5.74, 6) is -0.617. The summed E-state index contributed by atoms with van der Waals surface area (Å²) in [6.07, 6.45) is 2.61. The van der Waals surface area contributed by atoms with Crippen molar-refractivity contribution in [3.05, 3.63) is 41.2 Å². The number of hydrogen-bond donors (Lipinski definition) is 2. The Morgan fingerprint density at radius 3 is 2.79 bits per heavy atom. The average molecular weight is 324 g/mol. The summed E-state index contributed by atoms with van der Waals surface area (Å²) in [5, 5.41) is 1.94. The number of aromatic nitrogens is 2. The lowest BCUT2D eigenvalue weighted by molar-refractivity contribution is -0.116. The number of nitrogens with two attached hydrogens (primary N) is 1. The molecule has 0 spiro atoms. The first-order chi connectivity index (χ1) is 11.4. The second kappa shape index (κ2) is 5.77. The average Bonchev–Trinajstić information content (AvgIpc) is 2.87. The maximum Gasteiger partial charge on any atom is 0.243 e. The lowest BCUT2D eigenvalue weighted by Gasteiger charge is -2.05. The van der Waals surface area contributed by atoms with E-state index in [0.29, 0.717) is 27.8 Å². The molecule has 0 saturated carbocycles. The molecule has 0 saturated heterocycles. The summed E-state index contributed by atoms with van der Waals surface area (Å²) in [6.45, 7) is 3.20. The summed E-state index contributed by atoms with van der Waals surface area (Å²) in [5.41, 5.74) is 8.76. The predicted octanol–water partition coefficient (Wildman–Crippen LogP) is 1.83. The van der Waals surface area contributed by atoms with Crippen LogP contribution in [0, 0.1) is 6.92 Å². The third-order valence-corrected chi connectivity index (χ3v) is 3.69. The van der Waals surface area contributed by atoms with Crippen molar-refractivity contribution in [3.63, 3.8) is 0 Å². The molecule has 1 aromatic carbocycles. The quantitative estimate of drug-likeness (QED) is 0.330. The van der Waals surface area contributed by atoms with Gasteiger partial charge in [0.25, 0.3) is 0 Å². The Bertz CT molecular complexity index is 1060. The molecule has 7 nitrogen and oxygen atoms in total. The molecular weight excluding hydrogens is 308 g/mol. The van der Waals surface area contributed by atoms with Gasteiger partial charge in [0.15, 0.2) is 0 Å². The monoisotopic (exact) mass is 324 g/mol. The third-order valence-electron chi connectivity index (χ3n) is 3.69. The van der Waals surface area contributed by atoms with Crippen LogP contribution < -0.4 is 11.1 Å². The van der Waals surface area contributed by atoms with Crippen molar-refractivity contribution in [1.82, 2.24) is 9.97 Å². The number of amides is 1. The number of methoxy groups -OCH3 is 1. The zero-order chi connectivity index (χ0) is 17.4. The second-order valence-electron chi connectivity index (χ2n) is 5.41. The minimum Gasteiger partial charge on any atom is -0.504 e. The number of rotatable bonds is 3. The summed E-state index contributed by atoms with van der Waals surface area (Å²) in [4.78, 5) is 35.2. The van der Waals surface area contributed by atoms with Crippen molar-refractivity contribution < 1.29 is 14.3 Å². The highest BCUT2D eigenvalue weighted by molar-refractivity contribution is 6.16. The van der Waals surface area contributed by atoms with E-state index < -0.39 is 0 Å². The van der Waals surface area contributed by atoms with Crippen molar-refractivity contribution in [2.24, 2.45) is 4.99 Å². The standard InChI is InChI=1S/C17H16N4O3/c1-8-10-6-12(14(23)4-5-24-3)21-17-13(20-9(2)22)7-11(18)16(19-8)15(10)17/h4-7,21H,18H2,1-3H3/b5-4+,20-13?. The van der Waals surface area contributed by atoms with Gasteiger partial charge in [-0.25, -0.2) is 4.99 Å². The fourth-order valence-electron chi connectivity index (χ4n) is 2.70. The minimum absolute atomic E-state index is 0.262. The Morgan fingerprint density at radius 2 is 2.12 bits per heavy atom. The zero-order valence-electron chi connectivity index (χ0n) is 13.5. The van der Waals surface area contributed by atoms with Crippen LogP contribution in [-0.4, -0.2) is 28.8 Å². The normalized spacial score (nSPS) is 12.5. The van der Waals surface area contributed by atoms with Crippen LogP contribution in [0.2, 0.25) is 0 Å². The van der Waals surface area contributed by atoms with Crippen LogP contribution in [0.3, 0.4) is 0 Å². The number of nitrogens with one attached hydrogen (secondary N) is 1. The Kier molecular flexibility index (Phi) is 3.76. The zero-order valence-corrected chi connectivity index (χ0v) is 13.5. The minimum atomic E-state index is -0.355. The van der Waals surface area contributed by atoms with Crippen molar-refractivity contribution >= 4 is 39.2 Å². The number of nitrogens with zero attached hydrogens (tertiary/aromatic N) is 2. The highest BCUT2D eigenvalue weighted by Crippen LogP contribution is 2.30. The molecule has 2 heterocycles. The molecule has 2 aromatic heterocycles. The highest BCUT2D eigenvalue weighted by atomic mass is 16.5. The van der Waals surface area contributed by atoms with Gasteiger partial charge in [0.05, 0.1) is 41.1 Å². The van der Waals surface area contributed by atoms with Crippen LogP contribution in [0.5, 0.6) is 0 Å². The number of hydrogen-bond acceptors (Lipinski definition) is 5. The van der Waals surface area contributed by atoms with Gasteiger partial charge in [0.2, 0.25) is 11.7 Å². The van der Waals surface area contributed by atoms with Gasteiger partial charge >= 0.3 is 0 Å². The van der Waals surface area contributed by atoms with Gasteiger partial charge in [0, 0.05) is 29.5 Å². The van der Waals surface area contributed by atoms with E-state index in [-0.39, 0.29) is 11.7 Å². The number of ether oxygens (including phenoxy) is 1. The number of anilines is 1. The van der Waals surface area contributed by atoms with Crippen molar-refractivity contribution in [1.29, 1.82) is 0 Å². The molecule has 7 heteroatoms. The Hall–Kier alpha value is -3.22. The molecule has 0 aliphatic carbocycles. The Morgan fingerprint density at radius 1 is 1.38 bits per heavy atom. The predicted molar refractivity (Wildman–Crippen MR) is 90.7 cm³/mol. The van der Waals surface area contributed by atoms with E-state index in [2.05, 4.69) is 15.0 Å². The van der Waals surface area contributed by atoms with Crippen molar-refractivity contribution in [2.45, 2.75) is 13.8 Å². The molecule has 24 heavy (non-hydrogen) atoms. The van der Waals surface area contributed by atoms with E-state index in [1.807, 2.05) is 6.92 Å². The smallest absolute Gasteiger partial charge is 0.243 e. The number of benzene rings is 1. The lowest BCUT2D eigenvalue weighted by Crippen LogP contribution is -2.11. The van der Waals surface area contributed by atoms with Gasteiger partial charge in [-0.2, -0.15) is 0 Å². The molecule has 3 aromatic rings. The first-order valence-corrected chi connectivity index (χ1v) is 7.26. The van der Waals surface area contributed by atoms with Crippen LogP contribution in [-0.2, 0) is 9.53 Å². The SMILES string of the molecule is CO/C=C/C(=O)c1cc2c(C)nc3c(N)cc(=NC(C)=O)c([nH]1)c23. The fourth-order valence-corrected chi connectivity index (χ4v) is 2.70. The summed E-state index contributed by atoms with van der Waals surface area (Å²) < 4.78 is 4.78. The number of aryl methyl sites for hydroxylation is 1. The molecule has 0 aliphatic rings. The van der Waals surface area contributed by atoms with Crippen LogP contribution in [0.25, 0.3) is 21.8 Å². The van der Waals surface area contributed by atoms with E-state index in [9.17, 15) is 9.59 Å². The van der Waals surface area contributed by atoms with E-state index in [0.717, 1.165) is 16.5 Å². The van der Waals surface area contributed by atoms with Crippen LogP contribution in [0.1, 0.15) is 23.1 Å². The summed E-state index contributed by atoms with van der Waals surface area (Å²) in [7, 11) is 1.46. The molecule has 0 aliphatic heterocycles.